The van der Waals surface area contributed by atoms with Crippen LogP contribution in [0.25, 0.3) is 0 Å². The molecule has 0 heterocycles. The van der Waals surface area contributed by atoms with Gasteiger partial charge in [-0.15, -0.1) is 0 Å². The van der Waals surface area contributed by atoms with Crippen molar-refractivity contribution in [1.29, 1.82) is 0 Å². The SMILES string of the molecule is COC(=O)c1ccc(Oc2c(C)cc(OCCOCCOCCOCCOCCOCCOCCOCCOCCNC(=O)OCc3ccccc3)cc2C)c(Br)c1. The zero-order valence-electron chi connectivity index (χ0n) is 33.8. The van der Waals surface area contributed by atoms with Gasteiger partial charge < -0.3 is 62.2 Å². The molecule has 0 aromatic heterocycles. The Kier molecular flexibility index (Phi) is 26.0. The molecule has 0 aliphatic heterocycles. The van der Waals surface area contributed by atoms with Crippen LogP contribution in [0.15, 0.2) is 65.1 Å². The number of hydrogen-bond donors (Lipinski definition) is 1. The topological polar surface area (TPSA) is 157 Å². The van der Waals surface area contributed by atoms with Gasteiger partial charge in [0.25, 0.3) is 0 Å². The minimum atomic E-state index is -0.475. The van der Waals surface area contributed by atoms with Crippen molar-refractivity contribution in [2.45, 2.75) is 20.5 Å². The van der Waals surface area contributed by atoms with E-state index in [-0.39, 0.29) is 6.61 Å². The molecule has 0 aliphatic carbocycles. The number of amides is 1. The minimum absolute atomic E-state index is 0.231. The number of halogens is 1. The van der Waals surface area contributed by atoms with Crippen LogP contribution < -0.4 is 14.8 Å². The van der Waals surface area contributed by atoms with Crippen LogP contribution >= 0.6 is 15.9 Å². The molecule has 0 spiro atoms. The molecule has 0 fully saturated rings. The van der Waals surface area contributed by atoms with Crippen molar-refractivity contribution in [2.24, 2.45) is 0 Å². The first-order chi connectivity index (χ1) is 28.4. The Labute approximate surface area is 349 Å². The highest BCUT2D eigenvalue weighted by atomic mass is 79.9. The first-order valence-corrected chi connectivity index (χ1v) is 20.0. The second kappa shape index (κ2) is 31.1. The summed E-state index contributed by atoms with van der Waals surface area (Å²) in [5, 5.41) is 2.64. The van der Waals surface area contributed by atoms with Gasteiger partial charge in [0.1, 0.15) is 30.5 Å². The number of methoxy groups -OCH3 is 1. The molecule has 15 nitrogen and oxygen atoms in total. The summed E-state index contributed by atoms with van der Waals surface area (Å²) in [7, 11) is 1.34. The van der Waals surface area contributed by atoms with Gasteiger partial charge in [0, 0.05) is 6.54 Å². The molecule has 0 saturated carbocycles. The molecular formula is C42H58BrNO14. The maximum Gasteiger partial charge on any atom is 0.407 e. The van der Waals surface area contributed by atoms with Crippen LogP contribution in [0.2, 0.25) is 0 Å². The Hall–Kier alpha value is -3.84. The summed E-state index contributed by atoms with van der Waals surface area (Å²) in [6, 6.07) is 18.4. The summed E-state index contributed by atoms with van der Waals surface area (Å²) in [5.74, 6) is 1.62. The van der Waals surface area contributed by atoms with Crippen LogP contribution in [0.3, 0.4) is 0 Å². The number of carbonyl (C=O) groups is 2. The fourth-order valence-electron chi connectivity index (χ4n) is 4.95. The van der Waals surface area contributed by atoms with E-state index in [0.29, 0.717) is 135 Å². The Morgan fingerprint density at radius 3 is 1.52 bits per heavy atom. The molecule has 3 rings (SSSR count). The van der Waals surface area contributed by atoms with E-state index >= 15 is 0 Å². The number of alkyl carbamates (subject to hydrolysis) is 1. The fraction of sp³-hybridized carbons (Fsp3) is 0.524. The van der Waals surface area contributed by atoms with Crippen LogP contribution in [0.1, 0.15) is 27.0 Å². The number of carbonyl (C=O) groups excluding carboxylic acids is 2. The molecule has 16 heteroatoms. The molecule has 0 radical (unpaired) electrons. The maximum atomic E-state index is 11.8. The van der Waals surface area contributed by atoms with Gasteiger partial charge in [0.2, 0.25) is 0 Å². The normalized spacial score (nSPS) is 11.0. The number of aryl methyl sites for hydroxylation is 2. The predicted octanol–water partition coefficient (Wildman–Crippen LogP) is 6.08. The van der Waals surface area contributed by atoms with Gasteiger partial charge in [-0.1, -0.05) is 30.3 Å². The van der Waals surface area contributed by atoms with E-state index in [2.05, 4.69) is 21.2 Å². The Morgan fingerprint density at radius 1 is 0.586 bits per heavy atom. The molecule has 58 heavy (non-hydrogen) atoms. The van der Waals surface area contributed by atoms with Crippen molar-refractivity contribution in [1.82, 2.24) is 5.32 Å². The average molecular weight is 881 g/mol. The highest BCUT2D eigenvalue weighted by molar-refractivity contribution is 9.10. The third-order valence-electron chi connectivity index (χ3n) is 7.83. The predicted molar refractivity (Wildman–Crippen MR) is 218 cm³/mol. The van der Waals surface area contributed by atoms with Gasteiger partial charge in [0.05, 0.1) is 123 Å². The van der Waals surface area contributed by atoms with Crippen LogP contribution in [-0.2, 0) is 54.0 Å². The van der Waals surface area contributed by atoms with Crippen molar-refractivity contribution in [2.75, 3.05) is 126 Å². The molecular weight excluding hydrogens is 822 g/mol. The molecule has 3 aromatic carbocycles. The second-order valence-corrected chi connectivity index (χ2v) is 13.2. The highest BCUT2D eigenvalue weighted by Gasteiger charge is 2.13. The third kappa shape index (κ3) is 21.8. The van der Waals surface area contributed by atoms with E-state index in [1.165, 1.54) is 7.11 Å². The summed E-state index contributed by atoms with van der Waals surface area (Å²) in [4.78, 5) is 23.5. The Morgan fingerprint density at radius 2 is 1.05 bits per heavy atom. The number of ether oxygens (including phenoxy) is 12. The molecule has 1 amide bonds. The summed E-state index contributed by atoms with van der Waals surface area (Å²) in [5.41, 5.74) is 3.19. The first-order valence-electron chi connectivity index (χ1n) is 19.2. The Bertz CT molecular complexity index is 1540. The number of nitrogens with one attached hydrogen (secondary N) is 1. The maximum absolute atomic E-state index is 11.8. The lowest BCUT2D eigenvalue weighted by atomic mass is 10.1. The molecule has 0 atom stereocenters. The number of benzene rings is 3. The van der Waals surface area contributed by atoms with Gasteiger partial charge >= 0.3 is 12.1 Å². The van der Waals surface area contributed by atoms with Crippen LogP contribution in [0.4, 0.5) is 4.79 Å². The van der Waals surface area contributed by atoms with Crippen LogP contribution in [0.5, 0.6) is 17.2 Å². The molecule has 0 aliphatic rings. The largest absolute Gasteiger partial charge is 0.491 e. The van der Waals surface area contributed by atoms with Gasteiger partial charge in [-0.2, -0.15) is 0 Å². The van der Waals surface area contributed by atoms with Crippen molar-refractivity contribution in [3.63, 3.8) is 0 Å². The van der Waals surface area contributed by atoms with Gasteiger partial charge in [-0.05, 0) is 76.8 Å². The Balaban J connectivity index is 1.01. The molecule has 0 saturated heterocycles. The lowest BCUT2D eigenvalue weighted by Crippen LogP contribution is -2.28. The standard InChI is InChI=1S/C42H58BrNO14/c1-33-29-37(30-34(2)40(33)58-39-10-9-36(31-38(39)43)41(45)47-3)56-28-27-55-26-25-54-24-23-53-22-21-52-20-19-51-18-17-50-16-15-49-14-13-48-12-11-44-42(46)57-32-35-7-5-4-6-8-35/h4-10,29-31H,11-28,32H2,1-3H3,(H,44,46). The zero-order valence-corrected chi connectivity index (χ0v) is 35.4. The summed E-state index contributed by atoms with van der Waals surface area (Å²) < 4.78 is 66.7. The molecule has 1 N–H and O–H groups in total. The second-order valence-electron chi connectivity index (χ2n) is 12.4. The zero-order chi connectivity index (χ0) is 41.5. The monoisotopic (exact) mass is 879 g/mol. The van der Waals surface area contributed by atoms with E-state index in [1.54, 1.807) is 18.2 Å². The van der Waals surface area contributed by atoms with E-state index in [4.69, 9.17) is 56.8 Å². The quantitative estimate of drug-likeness (QED) is 0.0555. The van der Waals surface area contributed by atoms with Crippen LogP contribution in [0, 0.1) is 13.8 Å². The molecule has 0 bridgehead atoms. The van der Waals surface area contributed by atoms with Crippen LogP contribution in [-0.4, -0.2) is 138 Å². The summed E-state index contributed by atoms with van der Waals surface area (Å²) >= 11 is 3.47. The summed E-state index contributed by atoms with van der Waals surface area (Å²) in [6.45, 7) is 12.1. The highest BCUT2D eigenvalue weighted by Crippen LogP contribution is 2.36. The lowest BCUT2D eigenvalue weighted by molar-refractivity contribution is -0.0235. The van der Waals surface area contributed by atoms with Crippen molar-refractivity contribution >= 4 is 28.0 Å². The summed E-state index contributed by atoms with van der Waals surface area (Å²) in [6.07, 6.45) is -0.475. The number of rotatable bonds is 33. The van der Waals surface area contributed by atoms with Crippen molar-refractivity contribution in [3.05, 3.63) is 87.4 Å². The number of hydrogen-bond acceptors (Lipinski definition) is 14. The van der Waals surface area contributed by atoms with E-state index in [0.717, 1.165) is 28.2 Å². The molecule has 322 valence electrons. The van der Waals surface area contributed by atoms with E-state index in [9.17, 15) is 9.59 Å². The molecule has 0 unspecified atom stereocenters. The van der Waals surface area contributed by atoms with Crippen molar-refractivity contribution in [3.8, 4) is 17.2 Å². The van der Waals surface area contributed by atoms with E-state index < -0.39 is 12.1 Å². The molecule has 3 aromatic rings. The van der Waals surface area contributed by atoms with Gasteiger partial charge in [-0.3, -0.25) is 0 Å². The third-order valence-corrected chi connectivity index (χ3v) is 8.45. The average Bonchev–Trinajstić information content (AvgIpc) is 3.22. The number of esters is 1. The first kappa shape index (κ1) is 48.5. The van der Waals surface area contributed by atoms with Gasteiger partial charge in [-0.25, -0.2) is 9.59 Å². The fourth-order valence-corrected chi connectivity index (χ4v) is 5.41. The minimum Gasteiger partial charge on any atom is -0.491 e. The van der Waals surface area contributed by atoms with E-state index in [1.807, 2.05) is 56.3 Å². The van der Waals surface area contributed by atoms with Gasteiger partial charge in [0.15, 0.2) is 0 Å². The smallest absolute Gasteiger partial charge is 0.407 e. The van der Waals surface area contributed by atoms with Crippen molar-refractivity contribution < 1.29 is 66.4 Å². The lowest BCUT2D eigenvalue weighted by Gasteiger charge is -2.16.